The van der Waals surface area contributed by atoms with Gasteiger partial charge in [-0.05, 0) is 18.9 Å². The van der Waals surface area contributed by atoms with Gasteiger partial charge >= 0.3 is 0 Å². The number of aromatic nitrogens is 1. The van der Waals surface area contributed by atoms with Gasteiger partial charge in [0, 0.05) is 6.54 Å². The zero-order valence-electron chi connectivity index (χ0n) is 9.63. The average molecular weight is 283 g/mol. The predicted octanol–water partition coefficient (Wildman–Crippen LogP) is 1.54. The van der Waals surface area contributed by atoms with Gasteiger partial charge in [0.25, 0.3) is 5.91 Å². The Morgan fingerprint density at radius 1 is 1.61 bits per heavy atom. The summed E-state index contributed by atoms with van der Waals surface area (Å²) >= 11 is 2.77. The van der Waals surface area contributed by atoms with Crippen molar-refractivity contribution >= 4 is 43.2 Å². The van der Waals surface area contributed by atoms with E-state index in [0.29, 0.717) is 10.0 Å². The van der Waals surface area contributed by atoms with Crippen molar-refractivity contribution in [2.45, 2.75) is 18.9 Å². The van der Waals surface area contributed by atoms with Crippen LogP contribution in [0.3, 0.4) is 0 Å². The largest absolute Gasteiger partial charge is 0.394 e. The summed E-state index contributed by atoms with van der Waals surface area (Å²) < 4.78 is 0.959. The number of hydrogen-bond donors (Lipinski definition) is 2. The number of rotatable bonds is 2. The van der Waals surface area contributed by atoms with Crippen molar-refractivity contribution in [3.8, 4) is 0 Å². The monoisotopic (exact) mass is 283 g/mol. The van der Waals surface area contributed by atoms with Gasteiger partial charge < -0.3 is 15.7 Å². The van der Waals surface area contributed by atoms with Crippen molar-refractivity contribution in [2.24, 2.45) is 0 Å². The van der Waals surface area contributed by atoms with Gasteiger partial charge in [-0.3, -0.25) is 4.79 Å². The van der Waals surface area contributed by atoms with Gasteiger partial charge in [-0.1, -0.05) is 11.3 Å². The molecule has 96 valence electrons. The molecule has 0 radical (unpaired) electrons. The van der Waals surface area contributed by atoms with Gasteiger partial charge in [-0.15, -0.1) is 11.3 Å². The van der Waals surface area contributed by atoms with Gasteiger partial charge in [0.2, 0.25) is 0 Å². The number of anilines is 1. The first-order valence-corrected chi connectivity index (χ1v) is 7.40. The van der Waals surface area contributed by atoms with Gasteiger partial charge in [-0.25, -0.2) is 4.98 Å². The van der Waals surface area contributed by atoms with E-state index in [2.05, 4.69) is 4.98 Å². The Hall–Kier alpha value is -1.18. The van der Waals surface area contributed by atoms with Crippen LogP contribution in [0.1, 0.15) is 22.5 Å². The molecule has 3 heterocycles. The second-order valence-corrected chi connectivity index (χ2v) is 6.40. The van der Waals surface area contributed by atoms with Crippen molar-refractivity contribution in [2.75, 3.05) is 18.9 Å². The topological polar surface area (TPSA) is 79.5 Å². The van der Waals surface area contributed by atoms with E-state index in [9.17, 15) is 9.90 Å². The molecule has 2 aromatic rings. The van der Waals surface area contributed by atoms with Crippen LogP contribution in [0.4, 0.5) is 5.13 Å². The maximum atomic E-state index is 12.3. The molecule has 1 amide bonds. The maximum absolute atomic E-state index is 12.3. The zero-order chi connectivity index (χ0) is 12.7. The quantitative estimate of drug-likeness (QED) is 0.876. The minimum atomic E-state index is -0.0318. The van der Waals surface area contributed by atoms with E-state index in [4.69, 9.17) is 5.73 Å². The van der Waals surface area contributed by atoms with Crippen molar-refractivity contribution in [3.63, 3.8) is 0 Å². The van der Waals surface area contributed by atoms with Crippen molar-refractivity contribution in [1.82, 2.24) is 9.88 Å². The Bertz CT molecular complexity index is 561. The Morgan fingerprint density at radius 2 is 2.44 bits per heavy atom. The highest BCUT2D eigenvalue weighted by atomic mass is 32.1. The van der Waals surface area contributed by atoms with E-state index in [1.165, 1.54) is 22.7 Å². The lowest BCUT2D eigenvalue weighted by molar-refractivity contribution is 0.0682. The third-order valence-electron chi connectivity index (χ3n) is 3.17. The number of aliphatic hydroxyl groups is 1. The maximum Gasteiger partial charge on any atom is 0.264 e. The van der Waals surface area contributed by atoms with Crippen LogP contribution >= 0.6 is 22.7 Å². The van der Waals surface area contributed by atoms with Gasteiger partial charge in [-0.2, -0.15) is 0 Å². The van der Waals surface area contributed by atoms with Crippen LogP contribution in [0.15, 0.2) is 6.07 Å². The van der Waals surface area contributed by atoms with Crippen molar-refractivity contribution < 1.29 is 9.90 Å². The molecule has 2 aromatic heterocycles. The lowest BCUT2D eigenvalue weighted by Gasteiger charge is -2.22. The number of likely N-dealkylation sites (tertiary alicyclic amines) is 1. The number of nitrogens with zero attached hydrogens (tertiary/aromatic N) is 2. The Labute approximate surface area is 112 Å². The van der Waals surface area contributed by atoms with E-state index in [-0.39, 0.29) is 18.6 Å². The number of carbonyl (C=O) groups excluding carboxylic acids is 1. The highest BCUT2D eigenvalue weighted by Gasteiger charge is 2.29. The SMILES string of the molecule is Nc1nc2sc(C(=O)N3CCC[C@H]3CO)cc2s1. The molecular formula is C11H13N3O2S2. The van der Waals surface area contributed by atoms with Gasteiger partial charge in [0.15, 0.2) is 5.13 Å². The fraction of sp³-hybridized carbons (Fsp3) is 0.455. The van der Waals surface area contributed by atoms with Crippen molar-refractivity contribution in [3.05, 3.63) is 10.9 Å². The molecule has 7 heteroatoms. The van der Waals surface area contributed by atoms with E-state index >= 15 is 0 Å². The fourth-order valence-corrected chi connectivity index (χ4v) is 4.24. The molecule has 0 unspecified atom stereocenters. The second-order valence-electron chi connectivity index (χ2n) is 4.31. The van der Waals surface area contributed by atoms with Crippen molar-refractivity contribution in [1.29, 1.82) is 0 Å². The summed E-state index contributed by atoms with van der Waals surface area (Å²) in [5, 5.41) is 9.78. The number of hydrogen-bond acceptors (Lipinski definition) is 6. The fourth-order valence-electron chi connectivity index (χ4n) is 2.29. The minimum absolute atomic E-state index is 0.000298. The number of carbonyl (C=O) groups is 1. The molecular weight excluding hydrogens is 270 g/mol. The first-order valence-electron chi connectivity index (χ1n) is 5.76. The van der Waals surface area contributed by atoms with Crippen LogP contribution in [0.25, 0.3) is 9.53 Å². The van der Waals surface area contributed by atoms with Gasteiger partial charge in [0.05, 0.1) is 22.2 Å². The Kier molecular flexibility index (Phi) is 2.96. The molecule has 1 atom stereocenters. The lowest BCUT2D eigenvalue weighted by Crippen LogP contribution is -2.37. The molecule has 0 saturated carbocycles. The molecule has 1 aliphatic heterocycles. The minimum Gasteiger partial charge on any atom is -0.394 e. The number of nitrogen functional groups attached to an aromatic ring is 1. The van der Waals surface area contributed by atoms with Crippen LogP contribution in [-0.2, 0) is 0 Å². The molecule has 1 fully saturated rings. The number of nitrogens with two attached hydrogens (primary N) is 1. The first kappa shape index (κ1) is 11.9. The molecule has 5 nitrogen and oxygen atoms in total. The van der Waals surface area contributed by atoms with E-state index < -0.39 is 0 Å². The molecule has 3 rings (SSSR count). The summed E-state index contributed by atoms with van der Waals surface area (Å²) in [4.78, 5) is 19.8. The van der Waals surface area contributed by atoms with Gasteiger partial charge in [0.1, 0.15) is 4.83 Å². The average Bonchev–Trinajstić information content (AvgIpc) is 3.00. The second kappa shape index (κ2) is 4.49. The summed E-state index contributed by atoms with van der Waals surface area (Å²) in [5.41, 5.74) is 5.61. The van der Waals surface area contributed by atoms with Crippen LogP contribution in [0.2, 0.25) is 0 Å². The Balaban J connectivity index is 1.89. The summed E-state index contributed by atoms with van der Waals surface area (Å²) in [6.07, 6.45) is 1.84. The van der Waals surface area contributed by atoms with E-state index in [0.717, 1.165) is 28.9 Å². The van der Waals surface area contributed by atoms with Crippen LogP contribution < -0.4 is 5.73 Å². The molecule has 18 heavy (non-hydrogen) atoms. The normalized spacial score (nSPS) is 19.8. The van der Waals surface area contributed by atoms with Crippen LogP contribution in [-0.4, -0.2) is 40.1 Å². The first-order chi connectivity index (χ1) is 8.69. The number of aliphatic hydroxyl groups excluding tert-OH is 1. The van der Waals surface area contributed by atoms with E-state index in [1.54, 1.807) is 4.90 Å². The molecule has 0 aromatic carbocycles. The predicted molar refractivity (Wildman–Crippen MR) is 73.1 cm³/mol. The smallest absolute Gasteiger partial charge is 0.264 e. The number of amides is 1. The summed E-state index contributed by atoms with van der Waals surface area (Å²) in [6, 6.07) is 1.82. The number of fused-ring (bicyclic) bond motifs is 1. The third-order valence-corrected chi connectivity index (χ3v) is 5.14. The summed E-state index contributed by atoms with van der Waals surface area (Å²) in [6.45, 7) is 0.766. The van der Waals surface area contributed by atoms with Crippen LogP contribution in [0, 0.1) is 0 Å². The molecule has 0 spiro atoms. The highest BCUT2D eigenvalue weighted by Crippen LogP contribution is 2.33. The summed E-state index contributed by atoms with van der Waals surface area (Å²) in [7, 11) is 0. The Morgan fingerprint density at radius 3 is 3.17 bits per heavy atom. The van der Waals surface area contributed by atoms with E-state index in [1.807, 2.05) is 6.07 Å². The van der Waals surface area contributed by atoms with Crippen LogP contribution in [0.5, 0.6) is 0 Å². The molecule has 0 aliphatic carbocycles. The summed E-state index contributed by atoms with van der Waals surface area (Å²) in [5.74, 6) is 0.000298. The zero-order valence-corrected chi connectivity index (χ0v) is 11.3. The number of thiophene rings is 1. The molecule has 1 aliphatic rings. The molecule has 0 bridgehead atoms. The molecule has 1 saturated heterocycles. The third kappa shape index (κ3) is 1.88. The lowest BCUT2D eigenvalue weighted by atomic mass is 10.2. The highest BCUT2D eigenvalue weighted by molar-refractivity contribution is 7.29. The number of thiazole rings is 1. The molecule has 3 N–H and O–H groups in total. The standard InChI is InChI=1S/C11H13N3O2S2/c12-11-13-9-7(18-11)4-8(17-9)10(16)14-3-1-2-6(14)5-15/h4,6,15H,1-3,5H2,(H2,12,13)/t6-/m0/s1.